The lowest BCUT2D eigenvalue weighted by molar-refractivity contribution is 0.000798. The summed E-state index contributed by atoms with van der Waals surface area (Å²) in [5.41, 5.74) is 2.27. The first kappa shape index (κ1) is 20.7. The summed E-state index contributed by atoms with van der Waals surface area (Å²) >= 11 is 0. The van der Waals surface area contributed by atoms with Crippen LogP contribution in [0.5, 0.6) is 0 Å². The van der Waals surface area contributed by atoms with E-state index in [2.05, 4.69) is 6.07 Å². The standard InChI is InChI=1S/C23H27N3O3/c1-16(26-12-10-20(29-22(26)28)14-23(2,3)15-24)17-5-7-18(8-6-17)19-9-11-25(4)21(27)13-19/h5-9,11,13,16,20H,10,12,14H2,1-4H3/t16-,20-/m0/s1. The van der Waals surface area contributed by atoms with Crippen LogP contribution in [0.3, 0.4) is 0 Å². The van der Waals surface area contributed by atoms with E-state index in [1.807, 2.05) is 51.1 Å². The molecular weight excluding hydrogens is 366 g/mol. The molecule has 6 nitrogen and oxygen atoms in total. The summed E-state index contributed by atoms with van der Waals surface area (Å²) < 4.78 is 7.13. The van der Waals surface area contributed by atoms with E-state index in [-0.39, 0.29) is 23.8 Å². The average molecular weight is 393 g/mol. The van der Waals surface area contributed by atoms with Crippen molar-refractivity contribution in [2.75, 3.05) is 6.54 Å². The van der Waals surface area contributed by atoms with E-state index in [4.69, 9.17) is 4.74 Å². The molecule has 3 rings (SSSR count). The molecule has 1 aliphatic heterocycles. The molecule has 152 valence electrons. The van der Waals surface area contributed by atoms with Gasteiger partial charge >= 0.3 is 6.09 Å². The minimum absolute atomic E-state index is 0.0508. The van der Waals surface area contributed by atoms with Crippen molar-refractivity contribution in [1.82, 2.24) is 9.47 Å². The number of rotatable bonds is 5. The third kappa shape index (κ3) is 4.68. The summed E-state index contributed by atoms with van der Waals surface area (Å²) in [6, 6.07) is 13.6. The Hall–Kier alpha value is -3.07. The van der Waals surface area contributed by atoms with Gasteiger partial charge in [0.2, 0.25) is 0 Å². The number of aromatic nitrogens is 1. The van der Waals surface area contributed by atoms with Crippen molar-refractivity contribution >= 4 is 6.09 Å². The number of ether oxygens (including phenoxy) is 1. The molecule has 2 aromatic rings. The zero-order valence-corrected chi connectivity index (χ0v) is 17.4. The molecule has 1 aromatic carbocycles. The van der Waals surface area contributed by atoms with Crippen molar-refractivity contribution in [3.63, 3.8) is 0 Å². The molecule has 1 aromatic heterocycles. The summed E-state index contributed by atoms with van der Waals surface area (Å²) in [7, 11) is 1.72. The summed E-state index contributed by atoms with van der Waals surface area (Å²) in [4.78, 5) is 26.1. The van der Waals surface area contributed by atoms with Crippen molar-refractivity contribution in [3.8, 4) is 17.2 Å². The highest BCUT2D eigenvalue weighted by Gasteiger charge is 2.34. The second kappa shape index (κ2) is 8.12. The molecule has 1 amide bonds. The fraction of sp³-hybridized carbons (Fsp3) is 0.435. The molecule has 0 aliphatic carbocycles. The van der Waals surface area contributed by atoms with Gasteiger partial charge in [0.1, 0.15) is 6.10 Å². The number of nitriles is 1. The van der Waals surface area contributed by atoms with Gasteiger partial charge in [-0.1, -0.05) is 24.3 Å². The molecule has 1 aliphatic rings. The molecule has 1 fully saturated rings. The Morgan fingerprint density at radius 2 is 1.90 bits per heavy atom. The third-order valence-corrected chi connectivity index (χ3v) is 5.53. The number of carbonyl (C=O) groups is 1. The van der Waals surface area contributed by atoms with E-state index in [1.54, 1.807) is 24.2 Å². The number of carbonyl (C=O) groups excluding carboxylic acids is 1. The molecule has 0 spiro atoms. The van der Waals surface area contributed by atoms with Crippen LogP contribution >= 0.6 is 0 Å². The van der Waals surface area contributed by atoms with Gasteiger partial charge in [-0.05, 0) is 43.5 Å². The lowest BCUT2D eigenvalue weighted by Crippen LogP contribution is -2.44. The molecule has 2 atom stereocenters. The van der Waals surface area contributed by atoms with Crippen LogP contribution in [0.1, 0.15) is 45.2 Å². The topological polar surface area (TPSA) is 75.3 Å². The Labute approximate surface area is 171 Å². The number of nitrogens with zero attached hydrogens (tertiary/aromatic N) is 3. The van der Waals surface area contributed by atoms with Gasteiger partial charge in [-0.25, -0.2) is 4.79 Å². The van der Waals surface area contributed by atoms with Crippen molar-refractivity contribution in [2.24, 2.45) is 12.5 Å². The van der Waals surface area contributed by atoms with Crippen LogP contribution in [-0.4, -0.2) is 28.2 Å². The highest BCUT2D eigenvalue weighted by atomic mass is 16.6. The zero-order chi connectivity index (χ0) is 21.2. The number of amides is 1. The van der Waals surface area contributed by atoms with E-state index in [0.29, 0.717) is 19.4 Å². The fourth-order valence-corrected chi connectivity index (χ4v) is 3.62. The van der Waals surface area contributed by atoms with Crippen LogP contribution in [0, 0.1) is 16.7 Å². The first-order valence-corrected chi connectivity index (χ1v) is 9.86. The molecule has 0 radical (unpaired) electrons. The summed E-state index contributed by atoms with van der Waals surface area (Å²) in [6.45, 7) is 6.30. The summed E-state index contributed by atoms with van der Waals surface area (Å²) in [6.07, 6.45) is 2.46. The van der Waals surface area contributed by atoms with E-state index >= 15 is 0 Å². The van der Waals surface area contributed by atoms with Gasteiger partial charge in [0.15, 0.2) is 0 Å². The fourth-order valence-electron chi connectivity index (χ4n) is 3.62. The Morgan fingerprint density at radius 3 is 2.48 bits per heavy atom. The largest absolute Gasteiger partial charge is 0.446 e. The quantitative estimate of drug-likeness (QED) is 0.760. The van der Waals surface area contributed by atoms with Crippen LogP contribution in [0.15, 0.2) is 47.4 Å². The highest BCUT2D eigenvalue weighted by molar-refractivity contribution is 5.69. The number of aryl methyl sites for hydroxylation is 1. The van der Waals surface area contributed by atoms with Crippen LogP contribution in [-0.2, 0) is 11.8 Å². The molecule has 0 bridgehead atoms. The van der Waals surface area contributed by atoms with Gasteiger partial charge in [0.05, 0.1) is 17.5 Å². The maximum absolute atomic E-state index is 12.5. The molecular formula is C23H27N3O3. The first-order valence-electron chi connectivity index (χ1n) is 9.86. The Morgan fingerprint density at radius 1 is 1.21 bits per heavy atom. The Balaban J connectivity index is 1.68. The molecule has 1 saturated heterocycles. The van der Waals surface area contributed by atoms with Gasteiger partial charge in [0.25, 0.3) is 5.56 Å². The average Bonchev–Trinajstić information content (AvgIpc) is 2.69. The van der Waals surface area contributed by atoms with Crippen molar-refractivity contribution in [2.45, 2.75) is 45.8 Å². The number of pyridine rings is 1. The van der Waals surface area contributed by atoms with Gasteiger partial charge in [-0.15, -0.1) is 0 Å². The normalized spacial score (nSPS) is 18.1. The minimum Gasteiger partial charge on any atom is -0.446 e. The number of benzene rings is 1. The summed E-state index contributed by atoms with van der Waals surface area (Å²) in [5, 5.41) is 9.19. The molecule has 29 heavy (non-hydrogen) atoms. The lowest BCUT2D eigenvalue weighted by atomic mass is 9.87. The predicted octanol–water partition coefficient (Wildman–Crippen LogP) is 4.26. The second-order valence-corrected chi connectivity index (χ2v) is 8.35. The van der Waals surface area contributed by atoms with Gasteiger partial charge in [-0.3, -0.25) is 4.79 Å². The zero-order valence-electron chi connectivity index (χ0n) is 17.4. The van der Waals surface area contributed by atoms with Crippen LogP contribution in [0.4, 0.5) is 4.79 Å². The lowest BCUT2D eigenvalue weighted by Gasteiger charge is -2.37. The van der Waals surface area contributed by atoms with Crippen LogP contribution < -0.4 is 5.56 Å². The van der Waals surface area contributed by atoms with Crippen molar-refractivity contribution < 1.29 is 9.53 Å². The summed E-state index contributed by atoms with van der Waals surface area (Å²) in [5.74, 6) is 0. The molecule has 0 N–H and O–H groups in total. The minimum atomic E-state index is -0.507. The number of hydrogen-bond acceptors (Lipinski definition) is 4. The van der Waals surface area contributed by atoms with Gasteiger partial charge < -0.3 is 14.2 Å². The van der Waals surface area contributed by atoms with Crippen molar-refractivity contribution in [1.29, 1.82) is 5.26 Å². The molecule has 2 heterocycles. The first-order chi connectivity index (χ1) is 13.7. The van der Waals surface area contributed by atoms with Gasteiger partial charge in [0, 0.05) is 38.7 Å². The maximum Gasteiger partial charge on any atom is 0.410 e. The van der Waals surface area contributed by atoms with Crippen LogP contribution in [0.2, 0.25) is 0 Å². The van der Waals surface area contributed by atoms with Crippen molar-refractivity contribution in [3.05, 3.63) is 58.5 Å². The number of cyclic esters (lactones) is 1. The Kier molecular flexibility index (Phi) is 5.78. The second-order valence-electron chi connectivity index (χ2n) is 8.35. The van der Waals surface area contributed by atoms with E-state index in [1.165, 1.54) is 4.57 Å². The monoisotopic (exact) mass is 393 g/mol. The van der Waals surface area contributed by atoms with E-state index in [0.717, 1.165) is 16.7 Å². The number of hydrogen-bond donors (Lipinski definition) is 0. The maximum atomic E-state index is 12.5. The Bertz CT molecular complexity index is 986. The van der Waals surface area contributed by atoms with Gasteiger partial charge in [-0.2, -0.15) is 5.26 Å². The molecule has 0 saturated carbocycles. The third-order valence-electron chi connectivity index (χ3n) is 5.53. The van der Waals surface area contributed by atoms with E-state index < -0.39 is 5.41 Å². The predicted molar refractivity (Wildman–Crippen MR) is 111 cm³/mol. The molecule has 6 heteroatoms. The van der Waals surface area contributed by atoms with E-state index in [9.17, 15) is 14.9 Å². The molecule has 0 unspecified atom stereocenters. The SMILES string of the molecule is C[C@@H](c1ccc(-c2ccn(C)c(=O)c2)cc1)N1CC[C@@H](CC(C)(C)C#N)OC1=O. The highest BCUT2D eigenvalue weighted by Crippen LogP contribution is 2.31. The van der Waals surface area contributed by atoms with Crippen LogP contribution in [0.25, 0.3) is 11.1 Å². The smallest absolute Gasteiger partial charge is 0.410 e.